The molecular formula is C15H18ClN3O2S. The zero-order valence-electron chi connectivity index (χ0n) is 12.7. The fourth-order valence-electron chi connectivity index (χ4n) is 1.78. The van der Waals surface area contributed by atoms with Crippen LogP contribution in [-0.4, -0.2) is 22.2 Å². The molecular weight excluding hydrogens is 322 g/mol. The highest BCUT2D eigenvalue weighted by atomic mass is 35.5. The number of hydrogen-bond donors (Lipinski definition) is 1. The average Bonchev–Trinajstić information content (AvgIpc) is 2.93. The zero-order chi connectivity index (χ0) is 16.1. The molecule has 2 aromatic rings. The Morgan fingerprint density at radius 1 is 1.32 bits per heavy atom. The van der Waals surface area contributed by atoms with E-state index in [1.807, 2.05) is 20.8 Å². The van der Waals surface area contributed by atoms with E-state index < -0.39 is 6.10 Å². The summed E-state index contributed by atoms with van der Waals surface area (Å²) in [6, 6.07) is 6.94. The summed E-state index contributed by atoms with van der Waals surface area (Å²) in [5.41, 5.74) is 0. The van der Waals surface area contributed by atoms with Gasteiger partial charge in [-0.3, -0.25) is 10.1 Å². The van der Waals surface area contributed by atoms with Gasteiger partial charge in [-0.15, -0.1) is 10.2 Å². The first kappa shape index (κ1) is 16.7. The van der Waals surface area contributed by atoms with E-state index in [0.29, 0.717) is 15.9 Å². The highest BCUT2D eigenvalue weighted by Crippen LogP contribution is 2.21. The number of aromatic nitrogens is 2. The number of nitrogens with zero attached hydrogens (tertiary/aromatic N) is 2. The van der Waals surface area contributed by atoms with Gasteiger partial charge in [0.1, 0.15) is 10.8 Å². The number of nitrogens with one attached hydrogen (secondary N) is 1. The number of aryl methyl sites for hydroxylation is 1. The standard InChI is InChI=1S/C15H18ClN3O2S/c1-4-12-18-19-15(22-12)17-14(20)13(9(2)3)21-11-7-5-10(16)6-8-11/h5-9,13H,4H2,1-3H3,(H,17,19,20). The summed E-state index contributed by atoms with van der Waals surface area (Å²) in [6.07, 6.45) is 0.178. The maximum absolute atomic E-state index is 12.4. The van der Waals surface area contributed by atoms with Crippen molar-refractivity contribution in [2.75, 3.05) is 5.32 Å². The van der Waals surface area contributed by atoms with Crippen LogP contribution in [0.1, 0.15) is 25.8 Å². The molecule has 0 aliphatic carbocycles. The molecule has 118 valence electrons. The quantitative estimate of drug-likeness (QED) is 0.869. The van der Waals surface area contributed by atoms with Crippen molar-refractivity contribution in [2.24, 2.45) is 5.92 Å². The maximum Gasteiger partial charge on any atom is 0.267 e. The summed E-state index contributed by atoms with van der Waals surface area (Å²) in [7, 11) is 0. The second-order valence-corrected chi connectivity index (χ2v) is 6.58. The molecule has 0 aliphatic rings. The Bertz CT molecular complexity index is 628. The van der Waals surface area contributed by atoms with E-state index in [1.165, 1.54) is 11.3 Å². The third-order valence-electron chi connectivity index (χ3n) is 2.94. The number of anilines is 1. The molecule has 0 radical (unpaired) electrons. The van der Waals surface area contributed by atoms with Crippen LogP contribution in [0.15, 0.2) is 24.3 Å². The van der Waals surface area contributed by atoms with E-state index in [0.717, 1.165) is 11.4 Å². The lowest BCUT2D eigenvalue weighted by molar-refractivity contribution is -0.124. The minimum atomic E-state index is -0.616. The van der Waals surface area contributed by atoms with Gasteiger partial charge < -0.3 is 4.74 Å². The number of amides is 1. The molecule has 1 heterocycles. The largest absolute Gasteiger partial charge is 0.480 e. The van der Waals surface area contributed by atoms with E-state index in [2.05, 4.69) is 15.5 Å². The lowest BCUT2D eigenvalue weighted by atomic mass is 10.1. The first-order chi connectivity index (χ1) is 10.5. The summed E-state index contributed by atoms with van der Waals surface area (Å²) in [6.45, 7) is 5.85. The van der Waals surface area contributed by atoms with Crippen LogP contribution in [0.2, 0.25) is 5.02 Å². The van der Waals surface area contributed by atoms with Crippen molar-refractivity contribution in [3.05, 3.63) is 34.3 Å². The van der Waals surface area contributed by atoms with Gasteiger partial charge in [0.15, 0.2) is 6.10 Å². The lowest BCUT2D eigenvalue weighted by Gasteiger charge is -2.21. The molecule has 22 heavy (non-hydrogen) atoms. The molecule has 0 bridgehead atoms. The number of benzene rings is 1. The Labute approximate surface area is 138 Å². The number of ether oxygens (including phenoxy) is 1. The first-order valence-corrected chi connectivity index (χ1v) is 8.24. The van der Waals surface area contributed by atoms with E-state index in [4.69, 9.17) is 16.3 Å². The van der Waals surface area contributed by atoms with E-state index in [1.54, 1.807) is 24.3 Å². The summed E-state index contributed by atoms with van der Waals surface area (Å²) < 4.78 is 5.78. The van der Waals surface area contributed by atoms with Crippen LogP contribution in [-0.2, 0) is 11.2 Å². The SMILES string of the molecule is CCc1nnc(NC(=O)C(Oc2ccc(Cl)cc2)C(C)C)s1. The summed E-state index contributed by atoms with van der Waals surface area (Å²) in [5.74, 6) is 0.378. The van der Waals surface area contributed by atoms with Crippen LogP contribution in [0.25, 0.3) is 0 Å². The van der Waals surface area contributed by atoms with E-state index in [-0.39, 0.29) is 11.8 Å². The van der Waals surface area contributed by atoms with Crippen molar-refractivity contribution in [3.63, 3.8) is 0 Å². The number of hydrogen-bond acceptors (Lipinski definition) is 5. The molecule has 0 aliphatic heterocycles. The van der Waals surface area contributed by atoms with Crippen LogP contribution in [0.3, 0.4) is 0 Å². The average molecular weight is 340 g/mol. The fraction of sp³-hybridized carbons (Fsp3) is 0.400. The maximum atomic E-state index is 12.4. The normalized spacial score (nSPS) is 12.2. The number of rotatable bonds is 6. The van der Waals surface area contributed by atoms with Gasteiger partial charge >= 0.3 is 0 Å². The third-order valence-corrected chi connectivity index (χ3v) is 4.18. The Balaban J connectivity index is 2.06. The molecule has 1 unspecified atom stereocenters. The highest BCUT2D eigenvalue weighted by Gasteiger charge is 2.25. The second-order valence-electron chi connectivity index (χ2n) is 5.08. The van der Waals surface area contributed by atoms with Gasteiger partial charge in [0.25, 0.3) is 5.91 Å². The minimum absolute atomic E-state index is 0.00856. The smallest absolute Gasteiger partial charge is 0.267 e. The van der Waals surface area contributed by atoms with Crippen molar-refractivity contribution in [2.45, 2.75) is 33.3 Å². The van der Waals surface area contributed by atoms with E-state index in [9.17, 15) is 4.79 Å². The fourth-order valence-corrected chi connectivity index (χ4v) is 2.58. The summed E-state index contributed by atoms with van der Waals surface area (Å²) in [5, 5.41) is 12.7. The van der Waals surface area contributed by atoms with Gasteiger partial charge in [-0.1, -0.05) is 43.7 Å². The zero-order valence-corrected chi connectivity index (χ0v) is 14.2. The molecule has 0 saturated heterocycles. The van der Waals surface area contributed by atoms with Crippen molar-refractivity contribution in [1.29, 1.82) is 0 Å². The Morgan fingerprint density at radius 3 is 2.55 bits per heavy atom. The van der Waals surface area contributed by atoms with E-state index >= 15 is 0 Å². The van der Waals surface area contributed by atoms with Gasteiger partial charge in [-0.25, -0.2) is 0 Å². The van der Waals surface area contributed by atoms with Crippen molar-refractivity contribution >= 4 is 34.0 Å². The number of carbonyl (C=O) groups excluding carboxylic acids is 1. The first-order valence-electron chi connectivity index (χ1n) is 7.05. The van der Waals surface area contributed by atoms with Crippen LogP contribution in [0.4, 0.5) is 5.13 Å². The predicted octanol–water partition coefficient (Wildman–Crippen LogP) is 3.80. The van der Waals surface area contributed by atoms with Crippen molar-refractivity contribution in [3.8, 4) is 5.75 Å². The van der Waals surface area contributed by atoms with Crippen molar-refractivity contribution in [1.82, 2.24) is 10.2 Å². The molecule has 1 aromatic carbocycles. The molecule has 7 heteroatoms. The Kier molecular flexibility index (Phi) is 5.74. The molecule has 1 aromatic heterocycles. The van der Waals surface area contributed by atoms with Crippen LogP contribution in [0, 0.1) is 5.92 Å². The molecule has 1 atom stereocenters. The highest BCUT2D eigenvalue weighted by molar-refractivity contribution is 7.15. The molecule has 5 nitrogen and oxygen atoms in total. The number of halogens is 1. The molecule has 1 N–H and O–H groups in total. The molecule has 0 saturated carbocycles. The van der Waals surface area contributed by atoms with Gasteiger partial charge in [0.05, 0.1) is 0 Å². The van der Waals surface area contributed by atoms with Gasteiger partial charge in [0.2, 0.25) is 5.13 Å². The minimum Gasteiger partial charge on any atom is -0.480 e. The van der Waals surface area contributed by atoms with Gasteiger partial charge in [-0.2, -0.15) is 0 Å². The Morgan fingerprint density at radius 2 is 2.00 bits per heavy atom. The van der Waals surface area contributed by atoms with Crippen LogP contribution in [0.5, 0.6) is 5.75 Å². The molecule has 0 spiro atoms. The van der Waals surface area contributed by atoms with Gasteiger partial charge in [-0.05, 0) is 36.6 Å². The Hall–Kier alpha value is -1.66. The van der Waals surface area contributed by atoms with Gasteiger partial charge in [0, 0.05) is 5.02 Å². The number of carbonyl (C=O) groups is 1. The van der Waals surface area contributed by atoms with Crippen LogP contribution >= 0.6 is 22.9 Å². The molecule has 2 rings (SSSR count). The lowest BCUT2D eigenvalue weighted by Crippen LogP contribution is -2.37. The third kappa shape index (κ3) is 4.42. The summed E-state index contributed by atoms with van der Waals surface area (Å²) in [4.78, 5) is 12.4. The predicted molar refractivity (Wildman–Crippen MR) is 88.6 cm³/mol. The topological polar surface area (TPSA) is 64.1 Å². The molecule has 0 fully saturated rings. The molecule has 1 amide bonds. The monoisotopic (exact) mass is 339 g/mol. The second kappa shape index (κ2) is 7.56. The van der Waals surface area contributed by atoms with Crippen LogP contribution < -0.4 is 10.1 Å². The van der Waals surface area contributed by atoms with Crippen molar-refractivity contribution < 1.29 is 9.53 Å². The summed E-state index contributed by atoms with van der Waals surface area (Å²) >= 11 is 7.22.